The van der Waals surface area contributed by atoms with E-state index in [9.17, 15) is 10.1 Å². The maximum Gasteiger partial charge on any atom is 0.266 e. The van der Waals surface area contributed by atoms with Gasteiger partial charge in [-0.15, -0.1) is 0 Å². The molecule has 0 unspecified atom stereocenters. The Labute approximate surface area is 211 Å². The molecule has 0 bridgehead atoms. The van der Waals surface area contributed by atoms with Crippen LogP contribution < -0.4 is 10.9 Å². The van der Waals surface area contributed by atoms with Gasteiger partial charge in [-0.05, 0) is 42.5 Å². The molecule has 4 aromatic heterocycles. The summed E-state index contributed by atoms with van der Waals surface area (Å²) in [6.45, 7) is 1.15. The molecule has 0 aliphatic heterocycles. The van der Waals surface area contributed by atoms with Crippen molar-refractivity contribution in [3.8, 4) is 17.5 Å². The molecule has 4 heterocycles. The molecular weight excluding hydrogens is 476 g/mol. The number of para-hydroxylation sites is 1. The third-order valence-corrected chi connectivity index (χ3v) is 7.04. The van der Waals surface area contributed by atoms with Crippen LogP contribution in [0.3, 0.4) is 0 Å². The first-order valence-corrected chi connectivity index (χ1v) is 12.1. The molecule has 1 aliphatic carbocycles. The van der Waals surface area contributed by atoms with Crippen LogP contribution in [-0.2, 0) is 20.6 Å². The Morgan fingerprint density at radius 1 is 1.25 bits per heavy atom. The summed E-state index contributed by atoms with van der Waals surface area (Å²) in [5.74, 6) is 1.13. The number of nitrogens with zero attached hydrogens (tertiary/aromatic N) is 7. The smallest absolute Gasteiger partial charge is 0.266 e. The topological polar surface area (TPSA) is 106 Å². The summed E-state index contributed by atoms with van der Waals surface area (Å²) >= 11 is 6.39. The number of anilines is 1. The quantitative estimate of drug-likeness (QED) is 0.378. The fraction of sp³-hybridized carbons (Fsp3) is 0.269. The number of nitriles is 1. The second-order valence-electron chi connectivity index (χ2n) is 9.27. The molecule has 0 spiro atoms. The zero-order chi connectivity index (χ0) is 25.0. The third kappa shape index (κ3) is 3.71. The van der Waals surface area contributed by atoms with Gasteiger partial charge in [-0.2, -0.15) is 15.3 Å². The summed E-state index contributed by atoms with van der Waals surface area (Å²) < 4.78 is 5.16. The molecule has 0 saturated heterocycles. The van der Waals surface area contributed by atoms with Gasteiger partial charge >= 0.3 is 0 Å². The standard InChI is InChI=1S/C26H23ClN8O/c1-33-13-16(11-28)10-20(33)23-21-24(31-26(34(2)25(21)36)30-12-15-6-7-15)32-35(23)14-17-8-9-29-22-18(17)4-3-5-19(22)27/h3-5,8-10,13,15H,6-7,12,14H2,1-2H3,(H,30,31,32). The van der Waals surface area contributed by atoms with Gasteiger partial charge in [-0.3, -0.25) is 19.0 Å². The van der Waals surface area contributed by atoms with Crippen LogP contribution in [0.15, 0.2) is 47.5 Å². The summed E-state index contributed by atoms with van der Waals surface area (Å²) in [5, 5.41) is 19.5. The summed E-state index contributed by atoms with van der Waals surface area (Å²) in [7, 11) is 3.57. The van der Waals surface area contributed by atoms with Crippen molar-refractivity contribution < 1.29 is 0 Å². The minimum atomic E-state index is -0.193. The number of pyridine rings is 1. The van der Waals surface area contributed by atoms with Crippen LogP contribution in [0.25, 0.3) is 33.3 Å². The zero-order valence-corrected chi connectivity index (χ0v) is 20.6. The highest BCUT2D eigenvalue weighted by Crippen LogP contribution is 2.31. The molecule has 5 aromatic rings. The number of aromatic nitrogens is 6. The molecule has 0 radical (unpaired) electrons. The van der Waals surface area contributed by atoms with Crippen LogP contribution in [0.4, 0.5) is 5.95 Å². The van der Waals surface area contributed by atoms with Gasteiger partial charge in [0.05, 0.1) is 28.3 Å². The van der Waals surface area contributed by atoms with E-state index in [4.69, 9.17) is 21.7 Å². The van der Waals surface area contributed by atoms with E-state index in [-0.39, 0.29) is 5.56 Å². The average molecular weight is 499 g/mol. The largest absolute Gasteiger partial charge is 0.355 e. The Balaban J connectivity index is 1.57. The van der Waals surface area contributed by atoms with Crippen LogP contribution in [0.5, 0.6) is 0 Å². The van der Waals surface area contributed by atoms with Crippen molar-refractivity contribution >= 4 is 39.5 Å². The van der Waals surface area contributed by atoms with E-state index >= 15 is 0 Å². The van der Waals surface area contributed by atoms with Crippen LogP contribution in [0.1, 0.15) is 24.0 Å². The highest BCUT2D eigenvalue weighted by molar-refractivity contribution is 6.35. The normalized spacial score (nSPS) is 13.4. The Kier molecular flexibility index (Phi) is 5.27. The van der Waals surface area contributed by atoms with E-state index in [0.29, 0.717) is 56.9 Å². The molecule has 10 heteroatoms. The molecule has 1 saturated carbocycles. The van der Waals surface area contributed by atoms with Gasteiger partial charge in [0.25, 0.3) is 5.56 Å². The number of benzene rings is 1. The lowest BCUT2D eigenvalue weighted by Gasteiger charge is -2.12. The maximum atomic E-state index is 13.6. The Hall–Kier alpha value is -4.16. The molecule has 36 heavy (non-hydrogen) atoms. The summed E-state index contributed by atoms with van der Waals surface area (Å²) in [4.78, 5) is 22.8. The van der Waals surface area contributed by atoms with Crippen molar-refractivity contribution in [2.24, 2.45) is 20.0 Å². The van der Waals surface area contributed by atoms with Gasteiger partial charge in [0, 0.05) is 38.4 Å². The van der Waals surface area contributed by atoms with Gasteiger partial charge in [0.15, 0.2) is 5.65 Å². The van der Waals surface area contributed by atoms with Gasteiger partial charge < -0.3 is 9.88 Å². The lowest BCUT2D eigenvalue weighted by atomic mass is 10.1. The molecule has 1 N–H and O–H groups in total. The number of rotatable bonds is 6. The zero-order valence-electron chi connectivity index (χ0n) is 19.9. The van der Waals surface area contributed by atoms with E-state index in [1.807, 2.05) is 35.9 Å². The van der Waals surface area contributed by atoms with E-state index < -0.39 is 0 Å². The van der Waals surface area contributed by atoms with Gasteiger partial charge in [0.2, 0.25) is 5.95 Å². The van der Waals surface area contributed by atoms with Gasteiger partial charge in [-0.1, -0.05) is 23.7 Å². The molecule has 0 amide bonds. The number of nitrogens with one attached hydrogen (secondary N) is 1. The predicted octanol–water partition coefficient (Wildman–Crippen LogP) is 4.08. The van der Waals surface area contributed by atoms with E-state index in [0.717, 1.165) is 17.5 Å². The van der Waals surface area contributed by atoms with Crippen LogP contribution >= 0.6 is 11.6 Å². The number of aryl methyl sites for hydroxylation is 1. The number of halogens is 1. The van der Waals surface area contributed by atoms with Crippen LogP contribution in [0, 0.1) is 17.2 Å². The first-order chi connectivity index (χ1) is 17.4. The van der Waals surface area contributed by atoms with Gasteiger partial charge in [-0.25, -0.2) is 0 Å². The van der Waals surface area contributed by atoms with Crippen molar-refractivity contribution in [3.05, 3.63) is 69.2 Å². The summed E-state index contributed by atoms with van der Waals surface area (Å²) in [6.07, 6.45) is 5.85. The van der Waals surface area contributed by atoms with Crippen LogP contribution in [0.2, 0.25) is 5.02 Å². The van der Waals surface area contributed by atoms with Crippen molar-refractivity contribution in [2.75, 3.05) is 11.9 Å². The lowest BCUT2D eigenvalue weighted by molar-refractivity contribution is 0.698. The summed E-state index contributed by atoms with van der Waals surface area (Å²) in [5.41, 5.74) is 3.66. The molecule has 9 nitrogen and oxygen atoms in total. The average Bonchev–Trinajstić information content (AvgIpc) is 3.53. The van der Waals surface area contributed by atoms with Crippen molar-refractivity contribution in [1.82, 2.24) is 28.9 Å². The lowest BCUT2D eigenvalue weighted by Crippen LogP contribution is -2.23. The molecule has 1 aliphatic rings. The second kappa shape index (κ2) is 8.50. The van der Waals surface area contributed by atoms with Crippen molar-refractivity contribution in [2.45, 2.75) is 19.4 Å². The molecule has 0 atom stereocenters. The third-order valence-electron chi connectivity index (χ3n) is 6.74. The molecular formula is C26H23ClN8O. The molecule has 180 valence electrons. The van der Waals surface area contributed by atoms with Crippen LogP contribution in [-0.4, -0.2) is 35.4 Å². The number of fused-ring (bicyclic) bond motifs is 2. The van der Waals surface area contributed by atoms with Crippen molar-refractivity contribution in [1.29, 1.82) is 5.26 Å². The molecule has 1 aromatic carbocycles. The van der Waals surface area contributed by atoms with Gasteiger partial charge in [0.1, 0.15) is 17.1 Å². The Morgan fingerprint density at radius 2 is 2.08 bits per heavy atom. The van der Waals surface area contributed by atoms with E-state index in [1.54, 1.807) is 30.2 Å². The molecule has 1 fully saturated rings. The maximum absolute atomic E-state index is 13.6. The Morgan fingerprint density at radius 3 is 2.83 bits per heavy atom. The number of hydrogen-bond acceptors (Lipinski definition) is 6. The van der Waals surface area contributed by atoms with Crippen molar-refractivity contribution in [3.63, 3.8) is 0 Å². The molecule has 6 rings (SSSR count). The second-order valence-corrected chi connectivity index (χ2v) is 9.68. The first-order valence-electron chi connectivity index (χ1n) is 11.7. The highest BCUT2D eigenvalue weighted by atomic mass is 35.5. The highest BCUT2D eigenvalue weighted by Gasteiger charge is 2.25. The predicted molar refractivity (Wildman–Crippen MR) is 139 cm³/mol. The van der Waals surface area contributed by atoms with E-state index in [1.165, 1.54) is 17.4 Å². The minimum absolute atomic E-state index is 0.193. The fourth-order valence-corrected chi connectivity index (χ4v) is 4.83. The summed E-state index contributed by atoms with van der Waals surface area (Å²) in [6, 6.07) is 11.6. The SMILES string of the molecule is Cn1cc(C#N)cc1-c1c2c(=O)n(C)c(NCC3CC3)nc2nn1Cc1ccnc2c(Cl)cccc12. The van der Waals surface area contributed by atoms with E-state index in [2.05, 4.69) is 16.4 Å². The number of hydrogen-bond donors (Lipinski definition) is 1. The minimum Gasteiger partial charge on any atom is -0.355 e. The monoisotopic (exact) mass is 498 g/mol. The Bertz CT molecular complexity index is 1750. The first kappa shape index (κ1) is 22.3. The fourth-order valence-electron chi connectivity index (χ4n) is 4.61.